The van der Waals surface area contributed by atoms with Gasteiger partial charge in [-0.3, -0.25) is 19.3 Å². The summed E-state index contributed by atoms with van der Waals surface area (Å²) in [7, 11) is 0. The third-order valence-electron chi connectivity index (χ3n) is 5.05. The van der Waals surface area contributed by atoms with E-state index in [-0.39, 0.29) is 36.9 Å². The maximum Gasteiger partial charge on any atom is 0.265 e. The van der Waals surface area contributed by atoms with Crippen molar-refractivity contribution < 1.29 is 23.9 Å². The summed E-state index contributed by atoms with van der Waals surface area (Å²) in [6.07, 6.45) is 1.91. The molecule has 1 fully saturated rings. The number of halogens is 1. The van der Waals surface area contributed by atoms with E-state index in [9.17, 15) is 14.4 Å². The second kappa shape index (κ2) is 8.36. The maximum atomic E-state index is 12.7. The SMILES string of the molecule is C[C@@H](C(=O)NC1CC1)N1C(=O)COc2ccc(C(=O)COc3ccccc3Cl)cc21. The number of nitrogens with zero attached hydrogens (tertiary/aromatic N) is 1. The molecule has 2 amide bonds. The van der Waals surface area contributed by atoms with E-state index in [4.69, 9.17) is 21.1 Å². The molecule has 2 aliphatic rings. The fraction of sp³-hybridized carbons (Fsp3) is 0.318. The summed E-state index contributed by atoms with van der Waals surface area (Å²) in [4.78, 5) is 39.1. The van der Waals surface area contributed by atoms with Gasteiger partial charge in [0.25, 0.3) is 5.91 Å². The Bertz CT molecular complexity index is 1000. The van der Waals surface area contributed by atoms with Gasteiger partial charge < -0.3 is 14.8 Å². The Morgan fingerprint density at radius 3 is 2.77 bits per heavy atom. The molecule has 1 aliphatic heterocycles. The molecule has 0 saturated heterocycles. The number of ketones is 1. The number of Topliss-reactive ketones (excluding diaryl/α,β-unsaturated/α-hetero) is 1. The lowest BCUT2D eigenvalue weighted by atomic mass is 10.1. The van der Waals surface area contributed by atoms with Crippen LogP contribution in [0.15, 0.2) is 42.5 Å². The highest BCUT2D eigenvalue weighted by molar-refractivity contribution is 6.32. The molecular weight excluding hydrogens is 408 g/mol. The van der Waals surface area contributed by atoms with Crippen molar-refractivity contribution in [3.05, 3.63) is 53.1 Å². The van der Waals surface area contributed by atoms with Crippen molar-refractivity contribution in [2.45, 2.75) is 31.8 Å². The number of para-hydroxylation sites is 1. The lowest BCUT2D eigenvalue weighted by Gasteiger charge is -2.33. The molecule has 1 N–H and O–H groups in total. The fourth-order valence-electron chi connectivity index (χ4n) is 3.22. The number of ether oxygens (including phenoxy) is 2. The number of carbonyl (C=O) groups is 3. The summed E-state index contributed by atoms with van der Waals surface area (Å²) < 4.78 is 11.0. The maximum absolute atomic E-state index is 12.7. The minimum Gasteiger partial charge on any atom is -0.484 e. The van der Waals surface area contributed by atoms with Crippen LogP contribution in [0.2, 0.25) is 5.02 Å². The number of rotatable bonds is 7. The van der Waals surface area contributed by atoms with E-state index in [1.165, 1.54) is 4.90 Å². The highest BCUT2D eigenvalue weighted by Crippen LogP contribution is 2.35. The van der Waals surface area contributed by atoms with Crippen molar-refractivity contribution in [3.8, 4) is 11.5 Å². The zero-order chi connectivity index (χ0) is 21.3. The summed E-state index contributed by atoms with van der Waals surface area (Å²) in [5.41, 5.74) is 0.743. The minimum atomic E-state index is -0.717. The van der Waals surface area contributed by atoms with Gasteiger partial charge in [-0.2, -0.15) is 0 Å². The highest BCUT2D eigenvalue weighted by atomic mass is 35.5. The molecule has 8 heteroatoms. The molecule has 4 rings (SSSR count). The molecule has 0 bridgehead atoms. The predicted octanol–water partition coefficient (Wildman–Crippen LogP) is 2.99. The number of amides is 2. The van der Waals surface area contributed by atoms with E-state index in [0.29, 0.717) is 27.8 Å². The number of hydrogen-bond donors (Lipinski definition) is 1. The standard InChI is InChI=1S/C22H21ClN2O5/c1-13(22(28)24-15-7-8-15)25-17-10-14(6-9-20(17)30-12-21(25)27)18(26)11-29-19-5-3-2-4-16(19)23/h2-6,9-10,13,15H,7-8,11-12H2,1H3,(H,24,28)/t13-/m0/s1. The number of hydrogen-bond acceptors (Lipinski definition) is 5. The van der Waals surface area contributed by atoms with Gasteiger partial charge in [-0.1, -0.05) is 23.7 Å². The molecule has 1 heterocycles. The van der Waals surface area contributed by atoms with Crippen LogP contribution < -0.4 is 19.7 Å². The molecule has 30 heavy (non-hydrogen) atoms. The Hall–Kier alpha value is -3.06. The van der Waals surface area contributed by atoms with Gasteiger partial charge >= 0.3 is 0 Å². The van der Waals surface area contributed by atoms with Crippen LogP contribution in [-0.2, 0) is 9.59 Å². The molecular formula is C22H21ClN2O5. The van der Waals surface area contributed by atoms with Gasteiger partial charge in [0, 0.05) is 11.6 Å². The number of nitrogens with one attached hydrogen (secondary N) is 1. The fourth-order valence-corrected chi connectivity index (χ4v) is 3.41. The first-order chi connectivity index (χ1) is 14.4. The van der Waals surface area contributed by atoms with Crippen molar-refractivity contribution in [1.29, 1.82) is 0 Å². The van der Waals surface area contributed by atoms with Gasteiger partial charge in [0.1, 0.15) is 17.5 Å². The van der Waals surface area contributed by atoms with Crippen molar-refractivity contribution in [3.63, 3.8) is 0 Å². The number of carbonyl (C=O) groups excluding carboxylic acids is 3. The van der Waals surface area contributed by atoms with Crippen LogP contribution in [0.4, 0.5) is 5.69 Å². The number of anilines is 1. The number of benzene rings is 2. The molecule has 156 valence electrons. The quantitative estimate of drug-likeness (QED) is 0.685. The summed E-state index contributed by atoms with van der Waals surface area (Å²) in [5, 5.41) is 3.32. The first-order valence-electron chi connectivity index (χ1n) is 9.74. The highest BCUT2D eigenvalue weighted by Gasteiger charge is 2.35. The molecule has 0 radical (unpaired) electrons. The summed E-state index contributed by atoms with van der Waals surface area (Å²) in [6, 6.07) is 11.2. The van der Waals surface area contributed by atoms with Crippen molar-refractivity contribution in [1.82, 2.24) is 5.32 Å². The second-order valence-corrected chi connectivity index (χ2v) is 7.74. The van der Waals surface area contributed by atoms with Crippen LogP contribution >= 0.6 is 11.6 Å². The van der Waals surface area contributed by atoms with E-state index in [2.05, 4.69) is 5.32 Å². The van der Waals surface area contributed by atoms with Crippen LogP contribution in [0, 0.1) is 0 Å². The van der Waals surface area contributed by atoms with Gasteiger partial charge in [-0.25, -0.2) is 0 Å². The van der Waals surface area contributed by atoms with Gasteiger partial charge in [0.2, 0.25) is 5.91 Å². The minimum absolute atomic E-state index is 0.156. The van der Waals surface area contributed by atoms with Crippen LogP contribution in [0.5, 0.6) is 11.5 Å². The second-order valence-electron chi connectivity index (χ2n) is 7.34. The van der Waals surface area contributed by atoms with Crippen LogP contribution in [0.1, 0.15) is 30.1 Å². The van der Waals surface area contributed by atoms with Crippen molar-refractivity contribution in [2.75, 3.05) is 18.1 Å². The largest absolute Gasteiger partial charge is 0.484 e. The van der Waals surface area contributed by atoms with Gasteiger partial charge in [0.05, 0.1) is 10.7 Å². The Balaban J connectivity index is 1.53. The monoisotopic (exact) mass is 428 g/mol. The third-order valence-corrected chi connectivity index (χ3v) is 5.36. The molecule has 1 atom stereocenters. The first-order valence-corrected chi connectivity index (χ1v) is 10.1. The van der Waals surface area contributed by atoms with Crippen LogP contribution in [0.3, 0.4) is 0 Å². The average Bonchev–Trinajstić information content (AvgIpc) is 3.56. The molecule has 0 aromatic heterocycles. The van der Waals surface area contributed by atoms with Crippen LogP contribution in [0.25, 0.3) is 0 Å². The van der Waals surface area contributed by atoms with E-state index in [1.807, 2.05) is 0 Å². The average molecular weight is 429 g/mol. The summed E-state index contributed by atoms with van der Waals surface area (Å²) in [6.45, 7) is 1.30. The molecule has 1 saturated carbocycles. The summed E-state index contributed by atoms with van der Waals surface area (Å²) >= 11 is 6.05. The topological polar surface area (TPSA) is 84.9 Å². The lowest BCUT2D eigenvalue weighted by Crippen LogP contribution is -2.51. The van der Waals surface area contributed by atoms with Crippen molar-refractivity contribution in [2.24, 2.45) is 0 Å². The molecule has 1 aliphatic carbocycles. The Labute approximate surface area is 178 Å². The van der Waals surface area contributed by atoms with E-state index < -0.39 is 6.04 Å². The molecule has 7 nitrogen and oxygen atoms in total. The molecule has 0 spiro atoms. The van der Waals surface area contributed by atoms with E-state index >= 15 is 0 Å². The Morgan fingerprint density at radius 1 is 1.27 bits per heavy atom. The predicted molar refractivity (Wildman–Crippen MR) is 111 cm³/mol. The molecule has 0 unspecified atom stereocenters. The molecule has 2 aromatic carbocycles. The Kier molecular flexibility index (Phi) is 5.63. The molecule has 2 aromatic rings. The third kappa shape index (κ3) is 4.26. The van der Waals surface area contributed by atoms with Crippen molar-refractivity contribution >= 4 is 34.9 Å². The van der Waals surface area contributed by atoms with Crippen LogP contribution in [-0.4, -0.2) is 42.9 Å². The lowest BCUT2D eigenvalue weighted by molar-refractivity contribution is -0.127. The smallest absolute Gasteiger partial charge is 0.265 e. The van der Waals surface area contributed by atoms with Gasteiger partial charge in [0.15, 0.2) is 19.0 Å². The number of fused-ring (bicyclic) bond motifs is 1. The van der Waals surface area contributed by atoms with E-state index in [0.717, 1.165) is 12.8 Å². The zero-order valence-electron chi connectivity index (χ0n) is 16.4. The Morgan fingerprint density at radius 2 is 2.03 bits per heavy atom. The van der Waals surface area contributed by atoms with Gasteiger partial charge in [-0.05, 0) is 50.1 Å². The normalized spacial score (nSPS) is 16.3. The van der Waals surface area contributed by atoms with E-state index in [1.54, 1.807) is 49.4 Å². The zero-order valence-corrected chi connectivity index (χ0v) is 17.1. The first kappa shape index (κ1) is 20.2. The summed E-state index contributed by atoms with van der Waals surface area (Å²) in [5.74, 6) is 0.0151. The van der Waals surface area contributed by atoms with Gasteiger partial charge in [-0.15, -0.1) is 0 Å².